The van der Waals surface area contributed by atoms with Crippen LogP contribution in [0.5, 0.6) is 0 Å². The number of hydrogen-bond donors (Lipinski definition) is 1. The number of thioether (sulfide) groups is 1. The first-order valence-corrected chi connectivity index (χ1v) is 11.5. The number of rotatable bonds is 5. The fourth-order valence-corrected chi connectivity index (χ4v) is 5.18. The van der Waals surface area contributed by atoms with Crippen LogP contribution in [0.25, 0.3) is 0 Å². The number of nitrogens with zero attached hydrogens (tertiary/aromatic N) is 2. The molecule has 0 bridgehead atoms. The number of imide groups is 1. The Kier molecular flexibility index (Phi) is 6.05. The van der Waals surface area contributed by atoms with E-state index in [2.05, 4.69) is 12.2 Å². The van der Waals surface area contributed by atoms with Crippen molar-refractivity contribution in [3.8, 4) is 0 Å². The highest BCUT2D eigenvalue weighted by molar-refractivity contribution is 8.00. The van der Waals surface area contributed by atoms with Crippen LogP contribution in [0.1, 0.15) is 32.3 Å². The number of amides is 4. The van der Waals surface area contributed by atoms with Gasteiger partial charge in [0, 0.05) is 16.7 Å². The van der Waals surface area contributed by atoms with Crippen molar-refractivity contribution >= 4 is 35.3 Å². The van der Waals surface area contributed by atoms with Crippen LogP contribution in [0, 0.1) is 0 Å². The van der Waals surface area contributed by atoms with Crippen LogP contribution in [-0.2, 0) is 16.0 Å². The number of carbonyl (C=O) groups is 3. The lowest BCUT2D eigenvalue weighted by Crippen LogP contribution is -2.46. The second kappa shape index (κ2) is 8.75. The summed E-state index contributed by atoms with van der Waals surface area (Å²) in [6, 6.07) is 17.2. The minimum atomic E-state index is -1.01. The molecule has 2 aromatic rings. The molecule has 1 N–H and O–H groups in total. The molecule has 31 heavy (non-hydrogen) atoms. The lowest BCUT2D eigenvalue weighted by atomic mass is 9.93. The molecule has 0 aliphatic carbocycles. The molecule has 7 heteroatoms. The van der Waals surface area contributed by atoms with Gasteiger partial charge in [-0.05, 0) is 43.9 Å². The maximum atomic E-state index is 13.2. The number of urea groups is 1. The van der Waals surface area contributed by atoms with Crippen LogP contribution in [0.3, 0.4) is 0 Å². The van der Waals surface area contributed by atoms with Crippen LogP contribution < -0.4 is 10.2 Å². The van der Waals surface area contributed by atoms with Gasteiger partial charge in [0.2, 0.25) is 5.91 Å². The van der Waals surface area contributed by atoms with Crippen LogP contribution in [0.2, 0.25) is 0 Å². The Balaban J connectivity index is 1.47. The third kappa shape index (κ3) is 4.46. The van der Waals surface area contributed by atoms with E-state index >= 15 is 0 Å². The third-order valence-electron chi connectivity index (χ3n) is 5.94. The van der Waals surface area contributed by atoms with Gasteiger partial charge in [-0.1, -0.05) is 49.4 Å². The van der Waals surface area contributed by atoms with E-state index in [-0.39, 0.29) is 18.4 Å². The number of aryl methyl sites for hydroxylation is 1. The molecule has 1 fully saturated rings. The smallest absolute Gasteiger partial charge is 0.323 e. The first-order chi connectivity index (χ1) is 14.9. The Morgan fingerprint density at radius 1 is 1.13 bits per heavy atom. The predicted molar refractivity (Wildman–Crippen MR) is 122 cm³/mol. The zero-order chi connectivity index (χ0) is 22.0. The monoisotopic (exact) mass is 437 g/mol. The minimum Gasteiger partial charge on any atom is -0.323 e. The van der Waals surface area contributed by atoms with Crippen LogP contribution in [0.15, 0.2) is 59.5 Å². The normalized spacial score (nSPS) is 23.4. The summed E-state index contributed by atoms with van der Waals surface area (Å²) in [5, 5.41) is 3.20. The van der Waals surface area contributed by atoms with E-state index in [4.69, 9.17) is 0 Å². The van der Waals surface area contributed by atoms with E-state index < -0.39 is 11.6 Å². The van der Waals surface area contributed by atoms with Gasteiger partial charge in [0.1, 0.15) is 12.1 Å². The lowest BCUT2D eigenvalue weighted by molar-refractivity contribution is -0.134. The van der Waals surface area contributed by atoms with E-state index in [1.54, 1.807) is 23.6 Å². The number of benzene rings is 2. The molecule has 2 aliphatic heterocycles. The van der Waals surface area contributed by atoms with Crippen molar-refractivity contribution < 1.29 is 14.4 Å². The van der Waals surface area contributed by atoms with Gasteiger partial charge in [-0.25, -0.2) is 4.79 Å². The van der Waals surface area contributed by atoms with E-state index in [0.29, 0.717) is 24.6 Å². The molecule has 1 saturated heterocycles. The summed E-state index contributed by atoms with van der Waals surface area (Å²) >= 11 is 1.75. The second-order valence-corrected chi connectivity index (χ2v) is 9.85. The minimum absolute atomic E-state index is 0.238. The molecule has 0 aromatic heterocycles. The zero-order valence-electron chi connectivity index (χ0n) is 17.8. The number of fused-ring (bicyclic) bond motifs is 1. The Hall–Kier alpha value is -2.80. The largest absolute Gasteiger partial charge is 0.325 e. The van der Waals surface area contributed by atoms with Crippen molar-refractivity contribution in [3.63, 3.8) is 0 Å². The van der Waals surface area contributed by atoms with Gasteiger partial charge in [0.15, 0.2) is 0 Å². The molecule has 2 atom stereocenters. The highest BCUT2D eigenvalue weighted by Crippen LogP contribution is 2.37. The molecule has 4 rings (SSSR count). The fraction of sp³-hybridized carbons (Fsp3) is 0.375. The van der Waals surface area contributed by atoms with Crippen LogP contribution in [0.4, 0.5) is 10.5 Å². The summed E-state index contributed by atoms with van der Waals surface area (Å²) in [6.45, 7) is 4.20. The Morgan fingerprint density at radius 3 is 2.61 bits per heavy atom. The number of para-hydroxylation sites is 1. The highest BCUT2D eigenvalue weighted by atomic mass is 32.2. The van der Waals surface area contributed by atoms with Crippen LogP contribution in [-0.4, -0.2) is 46.6 Å². The molecule has 6 nitrogen and oxygen atoms in total. The first-order valence-electron chi connectivity index (χ1n) is 10.6. The lowest BCUT2D eigenvalue weighted by Gasteiger charge is -2.25. The quantitative estimate of drug-likeness (QED) is 0.722. The number of nitrogens with one attached hydrogen (secondary N) is 1. The van der Waals surface area contributed by atoms with Gasteiger partial charge >= 0.3 is 6.03 Å². The molecule has 2 heterocycles. The number of carbonyl (C=O) groups excluding carboxylic acids is 3. The molecular formula is C24H27N3O3S. The van der Waals surface area contributed by atoms with Crippen LogP contribution >= 0.6 is 11.8 Å². The molecule has 0 saturated carbocycles. The first kappa shape index (κ1) is 21.4. The van der Waals surface area contributed by atoms with Crippen molar-refractivity contribution in [1.82, 2.24) is 10.2 Å². The van der Waals surface area contributed by atoms with Gasteiger partial charge < -0.3 is 10.2 Å². The van der Waals surface area contributed by atoms with E-state index in [0.717, 1.165) is 27.5 Å². The van der Waals surface area contributed by atoms with Gasteiger partial charge in [0.25, 0.3) is 5.91 Å². The Bertz CT molecular complexity index is 997. The number of hydrogen-bond acceptors (Lipinski definition) is 4. The van der Waals surface area contributed by atoms with Crippen molar-refractivity contribution in [2.24, 2.45) is 0 Å². The predicted octanol–water partition coefficient (Wildman–Crippen LogP) is 3.85. The third-order valence-corrected chi connectivity index (χ3v) is 7.18. The van der Waals surface area contributed by atoms with E-state index in [9.17, 15) is 14.4 Å². The standard InChI is InChI=1S/C24H27N3O3S/c1-17-13-15-26(19-10-6-7-11-20(19)31-17)21(28)16-27-22(29)24(2,25-23(27)30)14-12-18-8-4-3-5-9-18/h3-11,17H,12-16H2,1-2H3,(H,25,30)/t17-,24-/m1/s1. The Labute approximate surface area is 187 Å². The maximum absolute atomic E-state index is 13.2. The van der Waals surface area contributed by atoms with Crippen molar-refractivity contribution in [2.75, 3.05) is 18.0 Å². The van der Waals surface area contributed by atoms with Gasteiger partial charge in [-0.15, -0.1) is 11.8 Å². The second-order valence-electron chi connectivity index (χ2n) is 8.37. The van der Waals surface area contributed by atoms with E-state index in [1.807, 2.05) is 54.6 Å². The molecular weight excluding hydrogens is 410 g/mol. The Morgan fingerprint density at radius 2 is 1.84 bits per heavy atom. The van der Waals surface area contributed by atoms with Gasteiger partial charge in [-0.3, -0.25) is 14.5 Å². The van der Waals surface area contributed by atoms with Gasteiger partial charge in [-0.2, -0.15) is 0 Å². The SMILES string of the molecule is C[C@@H]1CCN(C(=O)CN2C(=O)N[C@](C)(CCc3ccccc3)C2=O)c2ccccc2S1. The summed E-state index contributed by atoms with van der Waals surface area (Å²) < 4.78 is 0. The molecule has 0 radical (unpaired) electrons. The molecule has 2 aliphatic rings. The molecule has 2 aromatic carbocycles. The molecule has 4 amide bonds. The van der Waals surface area contributed by atoms with Crippen molar-refractivity contribution in [3.05, 3.63) is 60.2 Å². The fourth-order valence-electron chi connectivity index (χ4n) is 4.07. The summed E-state index contributed by atoms with van der Waals surface area (Å²) in [6.07, 6.45) is 1.99. The number of anilines is 1. The average Bonchev–Trinajstić information content (AvgIpc) is 2.89. The summed E-state index contributed by atoms with van der Waals surface area (Å²) in [5.74, 6) is -0.578. The zero-order valence-corrected chi connectivity index (χ0v) is 18.7. The average molecular weight is 438 g/mol. The molecule has 162 valence electrons. The summed E-state index contributed by atoms with van der Waals surface area (Å²) in [4.78, 5) is 42.8. The topological polar surface area (TPSA) is 69.7 Å². The summed E-state index contributed by atoms with van der Waals surface area (Å²) in [7, 11) is 0. The molecule has 0 unspecified atom stereocenters. The highest BCUT2D eigenvalue weighted by Gasteiger charge is 2.48. The maximum Gasteiger partial charge on any atom is 0.325 e. The van der Waals surface area contributed by atoms with Crippen molar-refractivity contribution in [1.29, 1.82) is 0 Å². The molecule has 0 spiro atoms. The van der Waals surface area contributed by atoms with Gasteiger partial charge in [0.05, 0.1) is 5.69 Å². The van der Waals surface area contributed by atoms with E-state index in [1.165, 1.54) is 0 Å². The summed E-state index contributed by atoms with van der Waals surface area (Å²) in [5.41, 5.74) is 0.947. The van der Waals surface area contributed by atoms with Crippen molar-refractivity contribution in [2.45, 2.75) is 48.8 Å².